The SMILES string of the molecule is C[Si]1(C)CN(Cc2ccc(F)cc2)C[Si](C)(C)O1. The zero-order chi connectivity index (χ0) is 13.4. The van der Waals surface area contributed by atoms with E-state index in [-0.39, 0.29) is 5.82 Å². The van der Waals surface area contributed by atoms with Gasteiger partial charge in [0.25, 0.3) is 0 Å². The number of nitrogens with zero attached hydrogens (tertiary/aromatic N) is 1. The Morgan fingerprint density at radius 3 is 2.06 bits per heavy atom. The second-order valence-corrected chi connectivity index (χ2v) is 14.9. The fourth-order valence-electron chi connectivity index (χ4n) is 2.91. The average Bonchev–Trinajstić information content (AvgIpc) is 2.16. The van der Waals surface area contributed by atoms with E-state index < -0.39 is 16.6 Å². The number of hydrogen-bond acceptors (Lipinski definition) is 2. The van der Waals surface area contributed by atoms with Gasteiger partial charge in [0.05, 0.1) is 0 Å². The summed E-state index contributed by atoms with van der Waals surface area (Å²) in [5, 5.41) is 0. The molecule has 1 fully saturated rings. The van der Waals surface area contributed by atoms with E-state index in [0.29, 0.717) is 0 Å². The van der Waals surface area contributed by atoms with Crippen LogP contribution in [0, 0.1) is 5.82 Å². The summed E-state index contributed by atoms with van der Waals surface area (Å²) in [4.78, 5) is 2.50. The van der Waals surface area contributed by atoms with Gasteiger partial charge in [-0.25, -0.2) is 4.39 Å². The lowest BCUT2D eigenvalue weighted by atomic mass is 10.2. The molecule has 0 radical (unpaired) electrons. The number of benzene rings is 1. The van der Waals surface area contributed by atoms with Crippen LogP contribution in [0.25, 0.3) is 0 Å². The van der Waals surface area contributed by atoms with Gasteiger partial charge in [-0.3, -0.25) is 4.90 Å². The zero-order valence-corrected chi connectivity index (χ0v) is 13.7. The van der Waals surface area contributed by atoms with Crippen LogP contribution in [0.4, 0.5) is 4.39 Å². The Hall–Kier alpha value is -0.496. The summed E-state index contributed by atoms with van der Waals surface area (Å²) >= 11 is 0. The van der Waals surface area contributed by atoms with E-state index in [1.54, 1.807) is 12.1 Å². The highest BCUT2D eigenvalue weighted by Crippen LogP contribution is 2.24. The molecule has 5 heteroatoms. The van der Waals surface area contributed by atoms with Gasteiger partial charge in [0.1, 0.15) is 5.82 Å². The molecule has 2 nitrogen and oxygen atoms in total. The Morgan fingerprint density at radius 2 is 1.56 bits per heavy atom. The van der Waals surface area contributed by atoms with Gasteiger partial charge < -0.3 is 4.12 Å². The van der Waals surface area contributed by atoms with Gasteiger partial charge in [-0.15, -0.1) is 0 Å². The summed E-state index contributed by atoms with van der Waals surface area (Å²) in [7, 11) is -3.08. The molecule has 0 atom stereocenters. The van der Waals surface area contributed by atoms with Crippen LogP contribution in [-0.4, -0.2) is 33.9 Å². The van der Waals surface area contributed by atoms with Crippen LogP contribution in [0.1, 0.15) is 5.56 Å². The first-order valence-corrected chi connectivity index (χ1v) is 12.7. The maximum atomic E-state index is 12.9. The molecular formula is C13H22FNOSi2. The summed E-state index contributed by atoms with van der Waals surface area (Å²) in [6.45, 7) is 10.1. The highest BCUT2D eigenvalue weighted by Gasteiger charge is 2.41. The topological polar surface area (TPSA) is 12.5 Å². The molecule has 2 rings (SSSR count). The predicted molar refractivity (Wildman–Crippen MR) is 77.7 cm³/mol. The van der Waals surface area contributed by atoms with Gasteiger partial charge in [-0.1, -0.05) is 12.1 Å². The number of hydrogen-bond donors (Lipinski definition) is 0. The first kappa shape index (κ1) is 13.9. The van der Waals surface area contributed by atoms with E-state index in [1.165, 1.54) is 5.56 Å². The maximum absolute atomic E-state index is 12.9. The van der Waals surface area contributed by atoms with Crippen LogP contribution in [0.2, 0.25) is 26.2 Å². The zero-order valence-electron chi connectivity index (χ0n) is 11.7. The van der Waals surface area contributed by atoms with Crippen molar-refractivity contribution in [1.82, 2.24) is 4.90 Å². The van der Waals surface area contributed by atoms with E-state index in [0.717, 1.165) is 18.9 Å². The molecule has 0 aromatic heterocycles. The third-order valence-electron chi connectivity index (χ3n) is 3.08. The second kappa shape index (κ2) is 4.88. The van der Waals surface area contributed by atoms with Gasteiger partial charge >= 0.3 is 0 Å². The average molecular weight is 283 g/mol. The quantitative estimate of drug-likeness (QED) is 0.773. The molecule has 100 valence electrons. The lowest BCUT2D eigenvalue weighted by molar-refractivity contribution is 0.291. The standard InChI is InChI=1S/C13H22FNOSi2/c1-17(2)10-15(11-18(3,4)16-17)9-12-5-7-13(14)8-6-12/h5-8H,9-11H2,1-4H3. The maximum Gasteiger partial charge on any atom is 0.187 e. The van der Waals surface area contributed by atoms with Crippen molar-refractivity contribution >= 4 is 16.6 Å². The Morgan fingerprint density at radius 1 is 1.06 bits per heavy atom. The Labute approximate surface area is 111 Å². The van der Waals surface area contributed by atoms with Crippen molar-refractivity contribution in [3.63, 3.8) is 0 Å². The summed E-state index contributed by atoms with van der Waals surface area (Å²) in [6, 6.07) is 6.85. The summed E-state index contributed by atoms with van der Waals surface area (Å²) in [5.74, 6) is -0.162. The molecule has 1 heterocycles. The predicted octanol–water partition coefficient (Wildman–Crippen LogP) is 3.15. The summed E-state index contributed by atoms with van der Waals surface area (Å²) in [6.07, 6.45) is 2.14. The summed E-state index contributed by atoms with van der Waals surface area (Å²) in [5.41, 5.74) is 1.19. The smallest absolute Gasteiger partial charge is 0.187 e. The molecule has 0 unspecified atom stereocenters. The number of rotatable bonds is 2. The van der Waals surface area contributed by atoms with Crippen LogP contribution in [0.15, 0.2) is 24.3 Å². The molecule has 1 aromatic carbocycles. The van der Waals surface area contributed by atoms with Crippen molar-refractivity contribution in [2.24, 2.45) is 0 Å². The Balaban J connectivity index is 2.07. The van der Waals surface area contributed by atoms with Crippen molar-refractivity contribution in [2.75, 3.05) is 12.3 Å². The first-order valence-electron chi connectivity index (χ1n) is 6.43. The van der Waals surface area contributed by atoms with Gasteiger partial charge in [-0.05, 0) is 43.9 Å². The van der Waals surface area contributed by atoms with Crippen LogP contribution < -0.4 is 0 Å². The van der Waals surface area contributed by atoms with Gasteiger partial charge in [0.2, 0.25) is 0 Å². The largest absolute Gasteiger partial charge is 0.454 e. The number of halogens is 1. The van der Waals surface area contributed by atoms with Crippen LogP contribution in [0.5, 0.6) is 0 Å². The van der Waals surface area contributed by atoms with Gasteiger partial charge in [0.15, 0.2) is 16.6 Å². The Bertz CT molecular complexity index is 404. The van der Waals surface area contributed by atoms with Gasteiger partial charge in [-0.2, -0.15) is 0 Å². The molecule has 0 N–H and O–H groups in total. The molecule has 0 spiro atoms. The molecule has 1 aromatic rings. The molecular weight excluding hydrogens is 261 g/mol. The normalized spacial score (nSPS) is 22.9. The van der Waals surface area contributed by atoms with E-state index in [9.17, 15) is 4.39 Å². The molecule has 1 aliphatic heterocycles. The molecule has 0 aliphatic carbocycles. The molecule has 1 saturated heterocycles. The fraction of sp³-hybridized carbons (Fsp3) is 0.538. The van der Waals surface area contributed by atoms with Crippen molar-refractivity contribution in [1.29, 1.82) is 0 Å². The Kier molecular flexibility index (Phi) is 3.78. The third-order valence-corrected chi connectivity index (χ3v) is 9.92. The molecule has 0 bridgehead atoms. The van der Waals surface area contributed by atoms with Crippen LogP contribution in [0.3, 0.4) is 0 Å². The first-order chi connectivity index (χ1) is 8.26. The van der Waals surface area contributed by atoms with Crippen molar-refractivity contribution in [3.8, 4) is 0 Å². The molecule has 0 amide bonds. The lowest BCUT2D eigenvalue weighted by Gasteiger charge is -2.45. The van der Waals surface area contributed by atoms with E-state index in [1.807, 2.05) is 12.1 Å². The van der Waals surface area contributed by atoms with E-state index in [4.69, 9.17) is 4.12 Å². The minimum Gasteiger partial charge on any atom is -0.454 e. The second-order valence-electron chi connectivity index (χ2n) is 6.39. The molecule has 0 saturated carbocycles. The van der Waals surface area contributed by atoms with Gasteiger partial charge in [0, 0.05) is 18.9 Å². The minimum absolute atomic E-state index is 0.162. The molecule has 18 heavy (non-hydrogen) atoms. The lowest BCUT2D eigenvalue weighted by Crippen LogP contribution is -2.62. The van der Waals surface area contributed by atoms with E-state index in [2.05, 4.69) is 31.1 Å². The van der Waals surface area contributed by atoms with Crippen molar-refractivity contribution in [2.45, 2.75) is 32.7 Å². The highest BCUT2D eigenvalue weighted by molar-refractivity contribution is 6.86. The van der Waals surface area contributed by atoms with Crippen LogP contribution in [-0.2, 0) is 10.7 Å². The highest BCUT2D eigenvalue weighted by atomic mass is 28.4. The van der Waals surface area contributed by atoms with Crippen LogP contribution >= 0.6 is 0 Å². The minimum atomic E-state index is -1.54. The van der Waals surface area contributed by atoms with Crippen molar-refractivity contribution < 1.29 is 8.51 Å². The molecule has 1 aliphatic rings. The third kappa shape index (κ3) is 3.75. The van der Waals surface area contributed by atoms with Crippen molar-refractivity contribution in [3.05, 3.63) is 35.6 Å². The monoisotopic (exact) mass is 283 g/mol. The van der Waals surface area contributed by atoms with E-state index >= 15 is 0 Å². The summed E-state index contributed by atoms with van der Waals surface area (Å²) < 4.78 is 19.2. The fourth-order valence-corrected chi connectivity index (χ4v) is 12.2.